The van der Waals surface area contributed by atoms with Crippen molar-refractivity contribution in [2.75, 3.05) is 13.2 Å². The van der Waals surface area contributed by atoms with Gasteiger partial charge in [0.25, 0.3) is 5.91 Å². The van der Waals surface area contributed by atoms with Crippen molar-refractivity contribution in [2.24, 2.45) is 0 Å². The number of esters is 1. The zero-order valence-electron chi connectivity index (χ0n) is 10.7. The first-order valence-electron chi connectivity index (χ1n) is 6.25. The number of hydrogen-bond donors (Lipinski definition) is 1. The highest BCUT2D eigenvalue weighted by atomic mass is 16.5. The number of pyridine rings is 1. The molecule has 0 saturated carbocycles. The fourth-order valence-electron chi connectivity index (χ4n) is 2.20. The summed E-state index contributed by atoms with van der Waals surface area (Å²) in [4.78, 5) is 29.3. The fraction of sp³-hybridized carbons (Fsp3) is 0.462. The maximum Gasteiger partial charge on any atom is 0.328 e. The van der Waals surface area contributed by atoms with Crippen LogP contribution >= 0.6 is 0 Å². The minimum Gasteiger partial charge on any atom is -0.506 e. The molecule has 2 rings (SSSR count). The van der Waals surface area contributed by atoms with Gasteiger partial charge in [-0.2, -0.15) is 0 Å². The van der Waals surface area contributed by atoms with Gasteiger partial charge in [0.15, 0.2) is 0 Å². The Balaban J connectivity index is 2.16. The second-order valence-corrected chi connectivity index (χ2v) is 4.34. The molecule has 19 heavy (non-hydrogen) atoms. The number of likely N-dealkylation sites (tertiary alicyclic amines) is 1. The van der Waals surface area contributed by atoms with Gasteiger partial charge in [-0.15, -0.1) is 0 Å². The van der Waals surface area contributed by atoms with Crippen molar-refractivity contribution in [1.82, 2.24) is 9.88 Å². The van der Waals surface area contributed by atoms with E-state index >= 15 is 0 Å². The normalized spacial score (nSPS) is 18.4. The monoisotopic (exact) mass is 264 g/mol. The van der Waals surface area contributed by atoms with Crippen LogP contribution in [0.1, 0.15) is 30.1 Å². The van der Waals surface area contributed by atoms with E-state index in [1.54, 1.807) is 6.92 Å². The van der Waals surface area contributed by atoms with Gasteiger partial charge in [-0.25, -0.2) is 4.79 Å². The number of carbonyl (C=O) groups is 2. The Labute approximate surface area is 111 Å². The molecule has 0 bridgehead atoms. The molecule has 1 aromatic rings. The minimum absolute atomic E-state index is 0.0715. The highest BCUT2D eigenvalue weighted by Crippen LogP contribution is 2.22. The number of amides is 1. The Hall–Kier alpha value is -2.11. The summed E-state index contributed by atoms with van der Waals surface area (Å²) < 4.78 is 4.97. The maximum atomic E-state index is 12.3. The Kier molecular flexibility index (Phi) is 3.99. The number of hydrogen-bond acceptors (Lipinski definition) is 5. The molecule has 1 saturated heterocycles. The number of rotatable bonds is 3. The molecule has 0 spiro atoms. The van der Waals surface area contributed by atoms with Crippen molar-refractivity contribution in [3.8, 4) is 5.75 Å². The van der Waals surface area contributed by atoms with Crippen LogP contribution < -0.4 is 0 Å². The zero-order valence-corrected chi connectivity index (χ0v) is 10.7. The van der Waals surface area contributed by atoms with Crippen molar-refractivity contribution < 1.29 is 19.4 Å². The first kappa shape index (κ1) is 13.3. The first-order chi connectivity index (χ1) is 9.13. The molecule has 0 aromatic carbocycles. The average molecular weight is 264 g/mol. The van der Waals surface area contributed by atoms with Crippen molar-refractivity contribution in [3.05, 3.63) is 24.0 Å². The second-order valence-electron chi connectivity index (χ2n) is 4.34. The Bertz CT molecular complexity index is 489. The Morgan fingerprint density at radius 2 is 2.32 bits per heavy atom. The molecule has 1 aliphatic heterocycles. The predicted molar refractivity (Wildman–Crippen MR) is 66.6 cm³/mol. The molecular weight excluding hydrogens is 248 g/mol. The molecule has 0 radical (unpaired) electrons. The molecule has 1 unspecified atom stereocenters. The highest BCUT2D eigenvalue weighted by molar-refractivity contribution is 5.97. The summed E-state index contributed by atoms with van der Waals surface area (Å²) in [6.45, 7) is 2.54. The molecule has 1 fully saturated rings. The summed E-state index contributed by atoms with van der Waals surface area (Å²) >= 11 is 0. The van der Waals surface area contributed by atoms with Crippen LogP contribution in [0.2, 0.25) is 0 Å². The van der Waals surface area contributed by atoms with E-state index in [9.17, 15) is 14.7 Å². The van der Waals surface area contributed by atoms with Crippen LogP contribution in [-0.4, -0.2) is 46.1 Å². The van der Waals surface area contributed by atoms with Crippen molar-refractivity contribution in [3.63, 3.8) is 0 Å². The molecule has 1 aliphatic rings. The van der Waals surface area contributed by atoms with Crippen molar-refractivity contribution >= 4 is 11.9 Å². The zero-order chi connectivity index (χ0) is 13.8. The Morgan fingerprint density at radius 3 is 3.00 bits per heavy atom. The molecule has 1 amide bonds. The van der Waals surface area contributed by atoms with Crippen molar-refractivity contribution in [2.45, 2.75) is 25.8 Å². The summed E-state index contributed by atoms with van der Waals surface area (Å²) in [5, 5.41) is 9.34. The van der Waals surface area contributed by atoms with E-state index in [2.05, 4.69) is 4.98 Å². The first-order valence-corrected chi connectivity index (χ1v) is 6.25. The van der Waals surface area contributed by atoms with E-state index in [-0.39, 0.29) is 23.2 Å². The minimum atomic E-state index is -0.533. The van der Waals surface area contributed by atoms with Crippen LogP contribution in [0.4, 0.5) is 0 Å². The van der Waals surface area contributed by atoms with E-state index in [0.29, 0.717) is 19.6 Å². The van der Waals surface area contributed by atoms with Crippen molar-refractivity contribution in [1.29, 1.82) is 0 Å². The van der Waals surface area contributed by atoms with Gasteiger partial charge < -0.3 is 14.7 Å². The predicted octanol–water partition coefficient (Wildman–Crippen LogP) is 0.955. The third kappa shape index (κ3) is 2.83. The van der Waals surface area contributed by atoms with Gasteiger partial charge in [0.2, 0.25) is 0 Å². The van der Waals surface area contributed by atoms with E-state index < -0.39 is 6.04 Å². The topological polar surface area (TPSA) is 79.7 Å². The van der Waals surface area contributed by atoms with E-state index in [4.69, 9.17) is 4.74 Å². The van der Waals surface area contributed by atoms with Crippen LogP contribution in [-0.2, 0) is 9.53 Å². The van der Waals surface area contributed by atoms with Gasteiger partial charge in [-0.3, -0.25) is 9.78 Å². The van der Waals surface area contributed by atoms with Crippen LogP contribution in [0.25, 0.3) is 0 Å². The lowest BCUT2D eigenvalue weighted by molar-refractivity contribution is -0.147. The molecule has 6 nitrogen and oxygen atoms in total. The van der Waals surface area contributed by atoms with Gasteiger partial charge in [0, 0.05) is 12.7 Å². The van der Waals surface area contributed by atoms with Crippen LogP contribution in [0, 0.1) is 0 Å². The number of ether oxygens (including phenoxy) is 1. The number of carbonyl (C=O) groups excluding carboxylic acids is 2. The Morgan fingerprint density at radius 1 is 1.53 bits per heavy atom. The molecule has 1 N–H and O–H groups in total. The summed E-state index contributed by atoms with van der Waals surface area (Å²) in [6, 6.07) is 0.811. The molecule has 1 atom stereocenters. The smallest absolute Gasteiger partial charge is 0.328 e. The molecule has 6 heteroatoms. The molecule has 102 valence electrons. The van der Waals surface area contributed by atoms with Crippen LogP contribution in [0.5, 0.6) is 5.75 Å². The summed E-state index contributed by atoms with van der Waals surface area (Å²) in [5.41, 5.74) is 0.274. The SMILES string of the molecule is CCOC(=O)C1CCCN1C(=O)c1cncc(O)c1. The quantitative estimate of drug-likeness (QED) is 0.822. The lowest BCUT2D eigenvalue weighted by Gasteiger charge is -2.23. The van der Waals surface area contributed by atoms with Gasteiger partial charge in [0.05, 0.1) is 18.4 Å². The largest absolute Gasteiger partial charge is 0.506 e. The summed E-state index contributed by atoms with van der Waals surface area (Å²) in [7, 11) is 0. The molecule has 2 heterocycles. The lowest BCUT2D eigenvalue weighted by atomic mass is 10.2. The number of nitrogens with zero attached hydrogens (tertiary/aromatic N) is 2. The molecular formula is C13H16N2O4. The van der Waals surface area contributed by atoms with E-state index in [1.807, 2.05) is 0 Å². The van der Waals surface area contributed by atoms with E-state index in [1.165, 1.54) is 23.4 Å². The summed E-state index contributed by atoms with van der Waals surface area (Å²) in [6.07, 6.45) is 4.00. The third-order valence-corrected chi connectivity index (χ3v) is 3.04. The average Bonchev–Trinajstić information content (AvgIpc) is 2.87. The fourth-order valence-corrected chi connectivity index (χ4v) is 2.20. The van der Waals surface area contributed by atoms with Gasteiger partial charge in [-0.1, -0.05) is 0 Å². The molecule has 1 aromatic heterocycles. The lowest BCUT2D eigenvalue weighted by Crippen LogP contribution is -2.41. The summed E-state index contributed by atoms with van der Waals surface area (Å²) in [5.74, 6) is -0.752. The van der Waals surface area contributed by atoms with Gasteiger partial charge in [-0.05, 0) is 25.8 Å². The highest BCUT2D eigenvalue weighted by Gasteiger charge is 2.35. The van der Waals surface area contributed by atoms with Crippen LogP contribution in [0.3, 0.4) is 0 Å². The third-order valence-electron chi connectivity index (χ3n) is 3.04. The van der Waals surface area contributed by atoms with E-state index in [0.717, 1.165) is 6.42 Å². The van der Waals surface area contributed by atoms with Gasteiger partial charge in [0.1, 0.15) is 11.8 Å². The van der Waals surface area contributed by atoms with Crippen LogP contribution in [0.15, 0.2) is 18.5 Å². The number of aromatic hydroxyl groups is 1. The second kappa shape index (κ2) is 5.69. The standard InChI is InChI=1S/C13H16N2O4/c1-2-19-13(18)11-4-3-5-15(11)12(17)9-6-10(16)8-14-7-9/h6-8,11,16H,2-5H2,1H3. The maximum absolute atomic E-state index is 12.3. The van der Waals surface area contributed by atoms with Gasteiger partial charge >= 0.3 is 5.97 Å². The number of aromatic nitrogens is 1. The molecule has 0 aliphatic carbocycles.